The highest BCUT2D eigenvalue weighted by atomic mass is 16.5. The van der Waals surface area contributed by atoms with Crippen LogP contribution < -0.4 is 0 Å². The molecule has 0 atom stereocenters. The molecule has 0 saturated carbocycles. The summed E-state index contributed by atoms with van der Waals surface area (Å²) in [6, 6.07) is 9.71. The lowest BCUT2D eigenvalue weighted by Gasteiger charge is -2.09. The van der Waals surface area contributed by atoms with Crippen LogP contribution in [-0.4, -0.2) is 23.2 Å². The molecular weight excluding hydrogens is 254 g/mol. The van der Waals surface area contributed by atoms with Gasteiger partial charge in [-0.15, -0.1) is 0 Å². The summed E-state index contributed by atoms with van der Waals surface area (Å²) in [5.41, 5.74) is 4.38. The van der Waals surface area contributed by atoms with Crippen LogP contribution in [0.5, 0.6) is 0 Å². The van der Waals surface area contributed by atoms with Crippen LogP contribution in [0.15, 0.2) is 30.3 Å². The molecule has 0 aliphatic carbocycles. The van der Waals surface area contributed by atoms with Crippen LogP contribution in [0, 0.1) is 13.8 Å². The van der Waals surface area contributed by atoms with Crippen molar-refractivity contribution in [3.8, 4) is 11.3 Å². The molecule has 1 aromatic heterocycles. The summed E-state index contributed by atoms with van der Waals surface area (Å²) in [5, 5.41) is 9.15. The molecule has 0 aliphatic heterocycles. The van der Waals surface area contributed by atoms with Crippen LogP contribution in [0.1, 0.15) is 27.2 Å². The van der Waals surface area contributed by atoms with Gasteiger partial charge in [0.1, 0.15) is 0 Å². The maximum atomic E-state index is 11.2. The third-order valence-electron chi connectivity index (χ3n) is 3.17. The van der Waals surface area contributed by atoms with Crippen molar-refractivity contribution in [1.82, 2.24) is 4.98 Å². The predicted molar refractivity (Wildman–Crippen MR) is 76.8 cm³/mol. The van der Waals surface area contributed by atoms with Gasteiger partial charge in [-0.3, -0.25) is 4.98 Å². The Kier molecular flexibility index (Phi) is 4.15. The first-order valence-electron chi connectivity index (χ1n) is 6.32. The van der Waals surface area contributed by atoms with Crippen molar-refractivity contribution >= 4 is 5.97 Å². The molecule has 0 bridgehead atoms. The maximum absolute atomic E-state index is 11.2. The Labute approximate surface area is 118 Å². The van der Waals surface area contributed by atoms with Crippen molar-refractivity contribution in [2.75, 3.05) is 7.11 Å². The van der Waals surface area contributed by atoms with Crippen molar-refractivity contribution < 1.29 is 14.6 Å². The van der Waals surface area contributed by atoms with E-state index in [2.05, 4.69) is 4.98 Å². The summed E-state index contributed by atoms with van der Waals surface area (Å²) in [6.45, 7) is 4.09. The molecule has 0 amide bonds. The molecule has 4 heteroatoms. The van der Waals surface area contributed by atoms with Crippen LogP contribution in [0.4, 0.5) is 0 Å². The van der Waals surface area contributed by atoms with Crippen molar-refractivity contribution in [2.45, 2.75) is 20.5 Å². The van der Waals surface area contributed by atoms with Gasteiger partial charge in [-0.2, -0.15) is 0 Å². The molecule has 1 heterocycles. The molecule has 0 unspecified atom stereocenters. The van der Waals surface area contributed by atoms with Crippen molar-refractivity contribution in [3.63, 3.8) is 0 Å². The smallest absolute Gasteiger partial charge is 0.337 e. The Morgan fingerprint density at radius 2 is 1.90 bits per heavy atom. The Morgan fingerprint density at radius 3 is 2.40 bits per heavy atom. The van der Waals surface area contributed by atoms with E-state index in [0.717, 1.165) is 22.4 Å². The first-order valence-corrected chi connectivity index (χ1v) is 6.32. The Balaban J connectivity index is 2.40. The second-order valence-corrected chi connectivity index (χ2v) is 4.72. The van der Waals surface area contributed by atoms with E-state index < -0.39 is 5.97 Å². The van der Waals surface area contributed by atoms with Crippen LogP contribution >= 0.6 is 0 Å². The third kappa shape index (κ3) is 2.86. The summed E-state index contributed by atoms with van der Waals surface area (Å²) >= 11 is 0. The van der Waals surface area contributed by atoms with E-state index in [1.807, 2.05) is 30.3 Å². The van der Waals surface area contributed by atoms with E-state index in [9.17, 15) is 4.79 Å². The number of carbonyl (C=O) groups is 1. The number of benzene rings is 1. The number of carboxylic acids is 1. The van der Waals surface area contributed by atoms with Gasteiger partial charge in [-0.1, -0.05) is 24.3 Å². The van der Waals surface area contributed by atoms with Gasteiger partial charge in [0.05, 0.1) is 23.6 Å². The number of nitrogens with zero attached hydrogens (tertiary/aromatic N) is 1. The van der Waals surface area contributed by atoms with Crippen LogP contribution in [0.2, 0.25) is 0 Å². The zero-order valence-corrected chi connectivity index (χ0v) is 11.8. The Bertz CT molecular complexity index is 610. The van der Waals surface area contributed by atoms with Gasteiger partial charge in [-0.05, 0) is 31.0 Å². The monoisotopic (exact) mass is 271 g/mol. The lowest BCUT2D eigenvalue weighted by Crippen LogP contribution is -2.05. The number of hydrogen-bond acceptors (Lipinski definition) is 3. The predicted octanol–water partition coefficient (Wildman–Crippen LogP) is 3.21. The quantitative estimate of drug-likeness (QED) is 0.927. The standard InChI is InChI=1S/C16H17NO3/c1-10-8-14(17-11(2)15(10)16(18)19)13-6-4-12(5-7-13)9-20-3/h4-8H,9H2,1-3H3,(H,18,19). The minimum absolute atomic E-state index is 0.282. The lowest BCUT2D eigenvalue weighted by molar-refractivity contribution is 0.0695. The van der Waals surface area contributed by atoms with Gasteiger partial charge in [0, 0.05) is 12.7 Å². The zero-order chi connectivity index (χ0) is 14.7. The fourth-order valence-electron chi connectivity index (χ4n) is 2.24. The number of ether oxygens (including phenoxy) is 1. The summed E-state index contributed by atoms with van der Waals surface area (Å²) < 4.78 is 5.07. The third-order valence-corrected chi connectivity index (χ3v) is 3.17. The molecular formula is C16H17NO3. The fourth-order valence-corrected chi connectivity index (χ4v) is 2.24. The molecule has 1 aromatic carbocycles. The van der Waals surface area contributed by atoms with E-state index in [-0.39, 0.29) is 5.56 Å². The Hall–Kier alpha value is -2.20. The average molecular weight is 271 g/mol. The summed E-state index contributed by atoms with van der Waals surface area (Å²) in [5.74, 6) is -0.936. The molecule has 0 radical (unpaired) electrons. The van der Waals surface area contributed by atoms with Crippen molar-refractivity contribution in [1.29, 1.82) is 0 Å². The molecule has 2 rings (SSSR count). The van der Waals surface area contributed by atoms with E-state index in [4.69, 9.17) is 9.84 Å². The van der Waals surface area contributed by atoms with E-state index in [1.165, 1.54) is 0 Å². The van der Waals surface area contributed by atoms with Gasteiger partial charge < -0.3 is 9.84 Å². The SMILES string of the molecule is COCc1ccc(-c2cc(C)c(C(=O)O)c(C)n2)cc1. The van der Waals surface area contributed by atoms with Gasteiger partial charge >= 0.3 is 5.97 Å². The lowest BCUT2D eigenvalue weighted by atomic mass is 10.0. The van der Waals surface area contributed by atoms with Gasteiger partial charge in [0.2, 0.25) is 0 Å². The summed E-state index contributed by atoms with van der Waals surface area (Å²) in [7, 11) is 1.66. The highest BCUT2D eigenvalue weighted by Gasteiger charge is 2.13. The van der Waals surface area contributed by atoms with Crippen molar-refractivity contribution in [3.05, 3.63) is 52.7 Å². The van der Waals surface area contributed by atoms with E-state index in [1.54, 1.807) is 21.0 Å². The van der Waals surface area contributed by atoms with Crippen molar-refractivity contribution in [2.24, 2.45) is 0 Å². The van der Waals surface area contributed by atoms with E-state index in [0.29, 0.717) is 12.3 Å². The molecule has 0 aliphatic rings. The van der Waals surface area contributed by atoms with Gasteiger partial charge in [0.25, 0.3) is 0 Å². The Morgan fingerprint density at radius 1 is 1.25 bits per heavy atom. The number of aryl methyl sites for hydroxylation is 2. The highest BCUT2D eigenvalue weighted by Crippen LogP contribution is 2.22. The van der Waals surface area contributed by atoms with Gasteiger partial charge in [0.15, 0.2) is 0 Å². The fraction of sp³-hybridized carbons (Fsp3) is 0.250. The summed E-state index contributed by atoms with van der Waals surface area (Å²) in [6.07, 6.45) is 0. The molecule has 2 aromatic rings. The first kappa shape index (κ1) is 14.2. The van der Waals surface area contributed by atoms with Gasteiger partial charge in [-0.25, -0.2) is 4.79 Å². The molecule has 0 saturated heterocycles. The number of rotatable bonds is 4. The second-order valence-electron chi connectivity index (χ2n) is 4.72. The molecule has 104 valence electrons. The molecule has 1 N–H and O–H groups in total. The van der Waals surface area contributed by atoms with Crippen LogP contribution in [0.25, 0.3) is 11.3 Å². The number of aromatic carboxylic acids is 1. The number of methoxy groups -OCH3 is 1. The average Bonchev–Trinajstić information content (AvgIpc) is 2.38. The normalized spacial score (nSPS) is 10.6. The molecule has 0 fully saturated rings. The minimum Gasteiger partial charge on any atom is -0.478 e. The first-order chi connectivity index (χ1) is 9.52. The second kappa shape index (κ2) is 5.84. The molecule has 20 heavy (non-hydrogen) atoms. The zero-order valence-electron chi connectivity index (χ0n) is 11.8. The van der Waals surface area contributed by atoms with Crippen LogP contribution in [0.3, 0.4) is 0 Å². The number of aromatic nitrogens is 1. The summed E-state index contributed by atoms with van der Waals surface area (Å²) in [4.78, 5) is 15.5. The van der Waals surface area contributed by atoms with Crippen LogP contribution in [-0.2, 0) is 11.3 Å². The minimum atomic E-state index is -0.936. The number of carboxylic acid groups (broad SMARTS) is 1. The highest BCUT2D eigenvalue weighted by molar-refractivity contribution is 5.91. The topological polar surface area (TPSA) is 59.4 Å². The molecule has 0 spiro atoms. The maximum Gasteiger partial charge on any atom is 0.337 e. The number of pyridine rings is 1. The largest absolute Gasteiger partial charge is 0.478 e. The number of hydrogen-bond donors (Lipinski definition) is 1. The molecule has 4 nitrogen and oxygen atoms in total. The van der Waals surface area contributed by atoms with E-state index >= 15 is 0 Å².